The molecule has 0 aliphatic carbocycles. The number of ether oxygens (including phenoxy) is 3. The third-order valence-electron chi connectivity index (χ3n) is 7.23. The molecule has 0 unspecified atom stereocenters. The minimum atomic E-state index is -1.22. The second kappa shape index (κ2) is 13.1. The Morgan fingerprint density at radius 1 is 0.976 bits per heavy atom. The van der Waals surface area contributed by atoms with Crippen LogP contribution in [0.4, 0.5) is 10.2 Å². The summed E-state index contributed by atoms with van der Waals surface area (Å²) in [6, 6.07) is 12.7. The first-order valence-electron chi connectivity index (χ1n) is 14.5. The molecule has 0 amide bonds. The maximum Gasteiger partial charge on any atom is 0.224 e. The van der Waals surface area contributed by atoms with Gasteiger partial charge in [0.1, 0.15) is 24.0 Å². The fourth-order valence-electron chi connectivity index (χ4n) is 4.83. The number of benzene rings is 1. The van der Waals surface area contributed by atoms with Crippen LogP contribution in [0, 0.1) is 5.95 Å². The first-order valence-corrected chi connectivity index (χ1v) is 18.2. The first-order chi connectivity index (χ1) is 19.8. The predicted octanol–water partition coefficient (Wildman–Crippen LogP) is 6.63. The van der Waals surface area contributed by atoms with Gasteiger partial charge in [0.2, 0.25) is 5.95 Å². The Labute approximate surface area is 242 Å². The van der Waals surface area contributed by atoms with Gasteiger partial charge in [-0.25, -0.2) is 14.6 Å². The molecule has 4 aromatic rings. The van der Waals surface area contributed by atoms with E-state index in [1.165, 1.54) is 6.20 Å². The molecule has 0 spiro atoms. The summed E-state index contributed by atoms with van der Waals surface area (Å²) in [5.74, 6) is 0.828. The Hall–Kier alpha value is -3.34. The summed E-state index contributed by atoms with van der Waals surface area (Å²) in [5, 5.41) is 5.91. The quantitative estimate of drug-likeness (QED) is 0.106. The number of morpholine rings is 1. The van der Waals surface area contributed by atoms with Crippen molar-refractivity contribution in [1.29, 1.82) is 0 Å². The van der Waals surface area contributed by atoms with E-state index in [1.54, 1.807) is 6.07 Å². The zero-order valence-corrected chi connectivity index (χ0v) is 25.5. The normalized spacial score (nSPS) is 14.1. The minimum absolute atomic E-state index is 0.342. The molecule has 41 heavy (non-hydrogen) atoms. The minimum Gasteiger partial charge on any atom is -0.493 e. The molecule has 0 atom stereocenters. The van der Waals surface area contributed by atoms with Crippen LogP contribution >= 0.6 is 0 Å². The Bertz CT molecular complexity index is 1470. The summed E-state index contributed by atoms with van der Waals surface area (Å²) in [7, 11) is -1.22. The Kier molecular flexibility index (Phi) is 9.31. The SMILES string of the molecule is CCCCOc1ccnc(F)c1-c1ccc2c(c1)c(-c1ccnc(N3CCOCC3)c1)nn2COCC[Si](C)(C)C. The molecular formula is C31H40FN5O3Si. The molecule has 4 heterocycles. The number of aromatic nitrogens is 4. The van der Waals surface area contributed by atoms with Crippen LogP contribution in [0.25, 0.3) is 33.3 Å². The van der Waals surface area contributed by atoms with E-state index in [9.17, 15) is 0 Å². The van der Waals surface area contributed by atoms with E-state index in [-0.39, 0.29) is 0 Å². The molecular weight excluding hydrogens is 537 g/mol. The van der Waals surface area contributed by atoms with Crippen LogP contribution < -0.4 is 9.64 Å². The van der Waals surface area contributed by atoms with Crippen molar-refractivity contribution in [2.75, 3.05) is 44.4 Å². The lowest BCUT2D eigenvalue weighted by atomic mass is 10.0. The topological polar surface area (TPSA) is 74.5 Å². The van der Waals surface area contributed by atoms with Crippen molar-refractivity contribution in [3.63, 3.8) is 0 Å². The third kappa shape index (κ3) is 7.12. The molecule has 10 heteroatoms. The molecule has 3 aromatic heterocycles. The van der Waals surface area contributed by atoms with E-state index in [2.05, 4.69) is 47.5 Å². The number of hydrogen-bond donors (Lipinski definition) is 0. The number of unbranched alkanes of at least 4 members (excludes halogenated alkanes) is 1. The highest BCUT2D eigenvalue weighted by Gasteiger charge is 2.20. The van der Waals surface area contributed by atoms with Gasteiger partial charge in [-0.1, -0.05) is 39.1 Å². The molecule has 0 N–H and O–H groups in total. The van der Waals surface area contributed by atoms with Gasteiger partial charge in [-0.15, -0.1) is 0 Å². The summed E-state index contributed by atoms with van der Waals surface area (Å²) >= 11 is 0. The zero-order chi connectivity index (χ0) is 28.8. The summed E-state index contributed by atoms with van der Waals surface area (Å²) in [4.78, 5) is 10.8. The summed E-state index contributed by atoms with van der Waals surface area (Å²) in [5.41, 5.74) is 3.71. The van der Waals surface area contributed by atoms with Crippen molar-refractivity contribution in [3.8, 4) is 28.1 Å². The van der Waals surface area contributed by atoms with Gasteiger partial charge in [0, 0.05) is 51.1 Å². The van der Waals surface area contributed by atoms with Gasteiger partial charge in [-0.2, -0.15) is 9.49 Å². The highest BCUT2D eigenvalue weighted by molar-refractivity contribution is 6.76. The molecule has 0 saturated carbocycles. The number of halogens is 1. The predicted molar refractivity (Wildman–Crippen MR) is 164 cm³/mol. The second-order valence-corrected chi connectivity index (χ2v) is 17.2. The van der Waals surface area contributed by atoms with Crippen molar-refractivity contribution >= 4 is 24.8 Å². The van der Waals surface area contributed by atoms with Crippen LogP contribution in [-0.4, -0.2) is 67.3 Å². The van der Waals surface area contributed by atoms with E-state index < -0.39 is 14.0 Å². The van der Waals surface area contributed by atoms with Crippen molar-refractivity contribution in [3.05, 3.63) is 54.7 Å². The first kappa shape index (κ1) is 29.2. The molecule has 218 valence electrons. The summed E-state index contributed by atoms with van der Waals surface area (Å²) in [6.07, 6.45) is 5.16. The number of pyridine rings is 2. The fourth-order valence-corrected chi connectivity index (χ4v) is 5.59. The third-order valence-corrected chi connectivity index (χ3v) is 8.93. The fraction of sp³-hybridized carbons (Fsp3) is 0.452. The summed E-state index contributed by atoms with van der Waals surface area (Å²) < 4.78 is 34.7. The zero-order valence-electron chi connectivity index (χ0n) is 24.5. The highest BCUT2D eigenvalue weighted by Crippen LogP contribution is 2.37. The van der Waals surface area contributed by atoms with E-state index in [0.29, 0.717) is 50.0 Å². The lowest BCUT2D eigenvalue weighted by Gasteiger charge is -2.27. The average Bonchev–Trinajstić information content (AvgIpc) is 3.33. The number of anilines is 1. The van der Waals surface area contributed by atoms with Gasteiger partial charge in [0.05, 0.1) is 30.9 Å². The molecule has 8 nitrogen and oxygen atoms in total. The van der Waals surface area contributed by atoms with Crippen LogP contribution in [0.5, 0.6) is 5.75 Å². The van der Waals surface area contributed by atoms with Gasteiger partial charge in [-0.05, 0) is 48.4 Å². The molecule has 1 fully saturated rings. The molecule has 1 aromatic carbocycles. The molecule has 0 bridgehead atoms. The number of fused-ring (bicyclic) bond motifs is 1. The van der Waals surface area contributed by atoms with E-state index in [4.69, 9.17) is 19.3 Å². The average molecular weight is 578 g/mol. The smallest absolute Gasteiger partial charge is 0.224 e. The van der Waals surface area contributed by atoms with Crippen molar-refractivity contribution < 1.29 is 18.6 Å². The standard InChI is InChI=1S/C31H40FN5O3Si/c1-5-6-15-40-27-10-12-34-31(32)29(27)23-7-8-26-25(20-23)30(35-37(26)22-39-18-19-41(2,3)4)24-9-11-33-28(21-24)36-13-16-38-17-14-36/h7-12,20-21H,5-6,13-19,22H2,1-4H3. The number of nitrogens with zero attached hydrogens (tertiary/aromatic N) is 5. The van der Waals surface area contributed by atoms with Gasteiger partial charge >= 0.3 is 0 Å². The van der Waals surface area contributed by atoms with Crippen LogP contribution in [0.2, 0.25) is 25.7 Å². The van der Waals surface area contributed by atoms with Crippen LogP contribution in [0.15, 0.2) is 48.8 Å². The van der Waals surface area contributed by atoms with Crippen LogP contribution in [0.1, 0.15) is 19.8 Å². The van der Waals surface area contributed by atoms with Crippen molar-refractivity contribution in [1.82, 2.24) is 19.7 Å². The molecule has 0 radical (unpaired) electrons. The second-order valence-electron chi connectivity index (χ2n) is 11.6. The van der Waals surface area contributed by atoms with Gasteiger partial charge in [-0.3, -0.25) is 0 Å². The maximum absolute atomic E-state index is 15.2. The Balaban J connectivity index is 1.55. The molecule has 1 aliphatic heterocycles. The Morgan fingerprint density at radius 3 is 2.56 bits per heavy atom. The maximum atomic E-state index is 15.2. The largest absolute Gasteiger partial charge is 0.493 e. The van der Waals surface area contributed by atoms with E-state index in [1.807, 2.05) is 35.1 Å². The van der Waals surface area contributed by atoms with Gasteiger partial charge in [0.25, 0.3) is 0 Å². The number of hydrogen-bond acceptors (Lipinski definition) is 7. The molecule has 5 rings (SSSR count). The van der Waals surface area contributed by atoms with Crippen molar-refractivity contribution in [2.24, 2.45) is 0 Å². The van der Waals surface area contributed by atoms with Crippen LogP contribution in [-0.2, 0) is 16.2 Å². The lowest BCUT2D eigenvalue weighted by Crippen LogP contribution is -2.36. The molecule has 1 aliphatic rings. The summed E-state index contributed by atoms with van der Waals surface area (Å²) in [6.45, 7) is 13.6. The van der Waals surface area contributed by atoms with Crippen molar-refractivity contribution in [2.45, 2.75) is 52.2 Å². The monoisotopic (exact) mass is 577 g/mol. The van der Waals surface area contributed by atoms with Gasteiger partial charge < -0.3 is 19.1 Å². The lowest BCUT2D eigenvalue weighted by molar-refractivity contribution is 0.0818. The highest BCUT2D eigenvalue weighted by atomic mass is 28.3. The van der Waals surface area contributed by atoms with Crippen LogP contribution in [0.3, 0.4) is 0 Å². The number of rotatable bonds is 12. The van der Waals surface area contributed by atoms with E-state index in [0.717, 1.165) is 60.0 Å². The molecule has 1 saturated heterocycles. The van der Waals surface area contributed by atoms with Gasteiger partial charge in [0.15, 0.2) is 0 Å². The Morgan fingerprint density at radius 2 is 1.78 bits per heavy atom. The van der Waals surface area contributed by atoms with E-state index >= 15 is 4.39 Å².